The molecule has 1 unspecified atom stereocenters. The predicted molar refractivity (Wildman–Crippen MR) is 65.9 cm³/mol. The van der Waals surface area contributed by atoms with Crippen LogP contribution in [0.3, 0.4) is 0 Å². The molecule has 100 valence electrons. The summed E-state index contributed by atoms with van der Waals surface area (Å²) in [5.41, 5.74) is -0.468. The molecule has 0 radical (unpaired) electrons. The van der Waals surface area contributed by atoms with Gasteiger partial charge in [-0.25, -0.2) is 4.79 Å². The number of hydrogen-bond donors (Lipinski definition) is 1. The number of likely N-dealkylation sites (N-methyl/N-ethyl adjacent to an activating group) is 1. The first kappa shape index (κ1) is 14.3. The molecule has 0 aromatic heterocycles. The molecule has 1 aliphatic rings. The van der Waals surface area contributed by atoms with Gasteiger partial charge in [-0.05, 0) is 34.2 Å². The first-order valence-electron chi connectivity index (χ1n) is 6.12. The smallest absolute Gasteiger partial charge is 0.410 e. The molecule has 1 amide bonds. The van der Waals surface area contributed by atoms with Gasteiger partial charge in [0.2, 0.25) is 0 Å². The van der Waals surface area contributed by atoms with Gasteiger partial charge in [-0.1, -0.05) is 0 Å². The zero-order chi connectivity index (χ0) is 13.1. The lowest BCUT2D eigenvalue weighted by molar-refractivity contribution is -0.00188. The van der Waals surface area contributed by atoms with Crippen molar-refractivity contribution in [2.45, 2.75) is 38.8 Å². The van der Waals surface area contributed by atoms with Crippen LogP contribution in [0.5, 0.6) is 0 Å². The van der Waals surface area contributed by atoms with Gasteiger partial charge < -0.3 is 19.6 Å². The van der Waals surface area contributed by atoms with Crippen molar-refractivity contribution in [3.63, 3.8) is 0 Å². The molecule has 1 atom stereocenters. The van der Waals surface area contributed by atoms with E-state index in [4.69, 9.17) is 9.84 Å². The van der Waals surface area contributed by atoms with Crippen LogP contribution in [-0.4, -0.2) is 65.9 Å². The van der Waals surface area contributed by atoms with Gasteiger partial charge in [0.1, 0.15) is 5.60 Å². The highest BCUT2D eigenvalue weighted by Crippen LogP contribution is 2.16. The van der Waals surface area contributed by atoms with E-state index in [2.05, 4.69) is 4.90 Å². The number of ether oxygens (including phenoxy) is 1. The van der Waals surface area contributed by atoms with Crippen LogP contribution in [0.15, 0.2) is 0 Å². The molecule has 1 N–H and O–H groups in total. The second-order valence-electron chi connectivity index (χ2n) is 5.60. The van der Waals surface area contributed by atoms with E-state index < -0.39 is 5.60 Å². The summed E-state index contributed by atoms with van der Waals surface area (Å²) in [5.74, 6) is 0. The Kier molecular flexibility index (Phi) is 4.77. The molecule has 0 spiro atoms. The minimum Gasteiger partial charge on any atom is -0.444 e. The third-order valence-corrected chi connectivity index (χ3v) is 2.78. The summed E-state index contributed by atoms with van der Waals surface area (Å²) in [6.07, 6.45) is 0.327. The molecular formula is C12H24N2O3. The van der Waals surface area contributed by atoms with Gasteiger partial charge in [0.05, 0.1) is 0 Å². The van der Waals surface area contributed by atoms with Gasteiger partial charge in [-0.15, -0.1) is 0 Å². The molecule has 1 aliphatic heterocycles. The van der Waals surface area contributed by atoms with E-state index in [-0.39, 0.29) is 18.7 Å². The van der Waals surface area contributed by atoms with E-state index in [9.17, 15) is 4.79 Å². The number of carbonyl (C=O) groups is 1. The Morgan fingerprint density at radius 2 is 2.06 bits per heavy atom. The molecular weight excluding hydrogens is 220 g/mol. The van der Waals surface area contributed by atoms with Crippen molar-refractivity contribution >= 4 is 6.09 Å². The normalized spacial score (nSPS) is 22.6. The second kappa shape index (κ2) is 5.69. The van der Waals surface area contributed by atoms with Crippen molar-refractivity contribution < 1.29 is 14.6 Å². The van der Waals surface area contributed by atoms with E-state index in [1.165, 1.54) is 0 Å². The number of aliphatic hydroxyl groups is 1. The van der Waals surface area contributed by atoms with Crippen molar-refractivity contribution in [2.24, 2.45) is 0 Å². The Hall–Kier alpha value is -0.810. The number of aliphatic hydroxyl groups excluding tert-OH is 1. The number of hydrogen-bond acceptors (Lipinski definition) is 4. The molecule has 1 rings (SSSR count). The lowest BCUT2D eigenvalue weighted by atomic mass is 10.1. The number of rotatable bonds is 2. The maximum absolute atomic E-state index is 12.0. The zero-order valence-corrected chi connectivity index (χ0v) is 11.3. The van der Waals surface area contributed by atoms with E-state index in [1.54, 1.807) is 4.90 Å². The lowest BCUT2D eigenvalue weighted by Crippen LogP contribution is -2.55. The second-order valence-corrected chi connectivity index (χ2v) is 5.60. The summed E-state index contributed by atoms with van der Waals surface area (Å²) in [7, 11) is 2.02. The van der Waals surface area contributed by atoms with E-state index in [0.29, 0.717) is 13.0 Å². The summed E-state index contributed by atoms with van der Waals surface area (Å²) >= 11 is 0. The largest absolute Gasteiger partial charge is 0.444 e. The lowest BCUT2D eigenvalue weighted by Gasteiger charge is -2.40. The monoisotopic (exact) mass is 244 g/mol. The minimum absolute atomic E-state index is 0.0496. The van der Waals surface area contributed by atoms with Crippen LogP contribution in [0.1, 0.15) is 27.2 Å². The topological polar surface area (TPSA) is 53.0 Å². The molecule has 0 bridgehead atoms. The molecule has 0 aromatic rings. The molecule has 5 heteroatoms. The average Bonchev–Trinajstić information content (AvgIpc) is 2.15. The third kappa shape index (κ3) is 4.52. The highest BCUT2D eigenvalue weighted by atomic mass is 16.6. The van der Waals surface area contributed by atoms with Gasteiger partial charge in [0.25, 0.3) is 0 Å². The Labute approximate surface area is 103 Å². The molecule has 17 heavy (non-hydrogen) atoms. The van der Waals surface area contributed by atoms with E-state index in [1.807, 2.05) is 27.8 Å². The van der Waals surface area contributed by atoms with Crippen molar-refractivity contribution in [1.82, 2.24) is 9.80 Å². The van der Waals surface area contributed by atoms with Crippen molar-refractivity contribution in [2.75, 3.05) is 33.3 Å². The van der Waals surface area contributed by atoms with E-state index in [0.717, 1.165) is 13.1 Å². The summed E-state index contributed by atoms with van der Waals surface area (Å²) in [4.78, 5) is 15.9. The van der Waals surface area contributed by atoms with Gasteiger partial charge in [-0.2, -0.15) is 0 Å². The fourth-order valence-corrected chi connectivity index (χ4v) is 1.97. The van der Waals surface area contributed by atoms with Gasteiger partial charge >= 0.3 is 6.09 Å². The zero-order valence-electron chi connectivity index (χ0n) is 11.3. The van der Waals surface area contributed by atoms with Crippen molar-refractivity contribution in [3.8, 4) is 0 Å². The summed E-state index contributed by atoms with van der Waals surface area (Å²) in [6, 6.07) is 0.0496. The molecule has 1 fully saturated rings. The summed E-state index contributed by atoms with van der Waals surface area (Å²) in [5, 5.41) is 9.04. The maximum Gasteiger partial charge on any atom is 0.410 e. The maximum atomic E-state index is 12.0. The third-order valence-electron chi connectivity index (χ3n) is 2.78. The van der Waals surface area contributed by atoms with Gasteiger partial charge in [0.15, 0.2) is 0 Å². The highest BCUT2D eigenvalue weighted by molar-refractivity contribution is 5.68. The van der Waals surface area contributed by atoms with E-state index >= 15 is 0 Å². The van der Waals surface area contributed by atoms with Crippen LogP contribution >= 0.6 is 0 Å². The highest BCUT2D eigenvalue weighted by Gasteiger charge is 2.31. The van der Waals surface area contributed by atoms with Gasteiger partial charge in [-0.3, -0.25) is 0 Å². The molecule has 0 aliphatic carbocycles. The Morgan fingerprint density at radius 3 is 2.59 bits per heavy atom. The van der Waals surface area contributed by atoms with Crippen molar-refractivity contribution in [3.05, 3.63) is 0 Å². The predicted octanol–water partition coefficient (Wildman–Crippen LogP) is 0.920. The first-order valence-corrected chi connectivity index (χ1v) is 6.12. The van der Waals surface area contributed by atoms with Crippen LogP contribution in [0.2, 0.25) is 0 Å². The molecule has 1 saturated heterocycles. The fourth-order valence-electron chi connectivity index (χ4n) is 1.97. The number of carbonyl (C=O) groups excluding carboxylic acids is 1. The Bertz CT molecular complexity index is 263. The molecule has 0 saturated carbocycles. The number of piperazine rings is 1. The first-order chi connectivity index (χ1) is 7.83. The quantitative estimate of drug-likeness (QED) is 0.785. The molecule has 5 nitrogen and oxygen atoms in total. The minimum atomic E-state index is -0.468. The average molecular weight is 244 g/mol. The number of amides is 1. The van der Waals surface area contributed by atoms with Crippen LogP contribution < -0.4 is 0 Å². The van der Waals surface area contributed by atoms with Crippen LogP contribution in [0, 0.1) is 0 Å². The number of nitrogens with zero attached hydrogens (tertiary/aromatic N) is 2. The standard InChI is InChI=1S/C12H24N2O3/c1-12(2,3)17-11(16)14-7-6-13(4)9-10(14)5-8-15/h10,15H,5-9H2,1-4H3. The Morgan fingerprint density at radius 1 is 1.41 bits per heavy atom. The van der Waals surface area contributed by atoms with Crippen molar-refractivity contribution in [1.29, 1.82) is 0 Å². The van der Waals surface area contributed by atoms with Crippen LogP contribution in [-0.2, 0) is 4.74 Å². The molecule has 1 heterocycles. The molecule has 0 aromatic carbocycles. The summed E-state index contributed by atoms with van der Waals surface area (Å²) in [6.45, 7) is 7.99. The van der Waals surface area contributed by atoms with Crippen LogP contribution in [0.4, 0.5) is 4.79 Å². The Balaban J connectivity index is 2.62. The summed E-state index contributed by atoms with van der Waals surface area (Å²) < 4.78 is 5.38. The van der Waals surface area contributed by atoms with Gasteiger partial charge in [0, 0.05) is 32.3 Å². The fraction of sp³-hybridized carbons (Fsp3) is 0.917. The SMILES string of the molecule is CN1CCN(C(=O)OC(C)(C)C)C(CCO)C1. The van der Waals surface area contributed by atoms with Crippen LogP contribution in [0.25, 0.3) is 0 Å².